The molecule has 0 bridgehead atoms. The monoisotopic (exact) mass is 486 g/mol. The molecule has 2 aromatic rings. The lowest BCUT2D eigenvalue weighted by molar-refractivity contribution is -0.176. The Morgan fingerprint density at radius 1 is 1.24 bits per heavy atom. The highest BCUT2D eigenvalue weighted by Crippen LogP contribution is 2.60. The van der Waals surface area contributed by atoms with E-state index in [1.165, 1.54) is 6.20 Å². The molecule has 10 nitrogen and oxygen atoms in total. The summed E-state index contributed by atoms with van der Waals surface area (Å²) in [6.07, 6.45) is 7.13. The predicted molar refractivity (Wildman–Crippen MR) is 124 cm³/mol. The zero-order chi connectivity index (χ0) is 23.5. The highest BCUT2D eigenvalue weighted by molar-refractivity contribution is 7.93. The number of nitrogens with two attached hydrogens (primary N) is 1. The second kappa shape index (κ2) is 8.03. The third kappa shape index (κ3) is 3.44. The van der Waals surface area contributed by atoms with E-state index in [9.17, 15) is 13.2 Å². The van der Waals surface area contributed by atoms with E-state index in [-0.39, 0.29) is 28.9 Å². The maximum Gasteiger partial charge on any atom is 0.273 e. The molecule has 182 valence electrons. The van der Waals surface area contributed by atoms with Crippen LogP contribution >= 0.6 is 0 Å². The lowest BCUT2D eigenvalue weighted by Crippen LogP contribution is -2.84. The van der Waals surface area contributed by atoms with Crippen LogP contribution in [0.1, 0.15) is 67.1 Å². The van der Waals surface area contributed by atoms with Crippen LogP contribution in [-0.4, -0.2) is 65.5 Å². The van der Waals surface area contributed by atoms with Gasteiger partial charge in [-0.1, -0.05) is 5.16 Å². The van der Waals surface area contributed by atoms with Crippen LogP contribution in [0.2, 0.25) is 0 Å². The molecule has 0 aromatic carbocycles. The average molecular weight is 487 g/mol. The van der Waals surface area contributed by atoms with Gasteiger partial charge in [0.25, 0.3) is 5.91 Å². The van der Waals surface area contributed by atoms with E-state index >= 15 is 0 Å². The summed E-state index contributed by atoms with van der Waals surface area (Å²) in [6.45, 7) is 1.29. The Labute approximate surface area is 198 Å². The quantitative estimate of drug-likeness (QED) is 0.450. The SMILES string of the molecule is NCCCNc1ccc(S(=O)(=O)C23CC4CC(NC(=O)c5cc(C6CC6)on5)CC(C2)N43)cn1. The van der Waals surface area contributed by atoms with Crippen molar-refractivity contribution < 1.29 is 17.7 Å². The smallest absolute Gasteiger partial charge is 0.273 e. The lowest BCUT2D eigenvalue weighted by Gasteiger charge is -2.72. The molecule has 1 amide bonds. The molecule has 3 aliphatic heterocycles. The largest absolute Gasteiger partial charge is 0.370 e. The summed E-state index contributed by atoms with van der Waals surface area (Å²) >= 11 is 0. The summed E-state index contributed by atoms with van der Waals surface area (Å²) in [5.74, 6) is 1.65. The van der Waals surface area contributed by atoms with Crippen LogP contribution in [0.5, 0.6) is 0 Å². The third-order valence-electron chi connectivity index (χ3n) is 7.79. The molecule has 1 aliphatic carbocycles. The normalized spacial score (nSPS) is 30.1. The van der Waals surface area contributed by atoms with Crippen molar-refractivity contribution in [3.63, 3.8) is 0 Å². The molecular formula is C23H30N6O4S. The molecule has 1 saturated carbocycles. The molecule has 4 fully saturated rings. The molecule has 6 rings (SSSR count). The number of hydrogen-bond donors (Lipinski definition) is 3. The number of amides is 1. The number of rotatable bonds is 9. The van der Waals surface area contributed by atoms with Crippen molar-refractivity contribution in [2.24, 2.45) is 5.73 Å². The van der Waals surface area contributed by atoms with Crippen LogP contribution in [0.4, 0.5) is 5.82 Å². The van der Waals surface area contributed by atoms with Crippen LogP contribution in [0, 0.1) is 0 Å². The fraction of sp³-hybridized carbons (Fsp3) is 0.609. The van der Waals surface area contributed by atoms with Crippen LogP contribution < -0.4 is 16.4 Å². The third-order valence-corrected chi connectivity index (χ3v) is 10.2. The lowest BCUT2D eigenvalue weighted by atomic mass is 9.67. The highest BCUT2D eigenvalue weighted by Gasteiger charge is 2.71. The molecular weight excluding hydrogens is 456 g/mol. The van der Waals surface area contributed by atoms with Gasteiger partial charge in [-0.25, -0.2) is 13.4 Å². The summed E-state index contributed by atoms with van der Waals surface area (Å²) in [5.41, 5.74) is 5.83. The number of carbonyl (C=O) groups is 1. The molecule has 11 heteroatoms. The fourth-order valence-corrected chi connectivity index (χ4v) is 8.26. The van der Waals surface area contributed by atoms with Crippen molar-refractivity contribution in [2.75, 3.05) is 18.4 Å². The second-order valence-electron chi connectivity index (χ2n) is 10.1. The first-order valence-corrected chi connectivity index (χ1v) is 13.6. The van der Waals surface area contributed by atoms with Gasteiger partial charge in [0.15, 0.2) is 15.5 Å². The van der Waals surface area contributed by atoms with Gasteiger partial charge in [-0.05, 0) is 63.6 Å². The maximum atomic E-state index is 13.5. The Hall–Kier alpha value is -2.50. The molecule has 2 atom stereocenters. The minimum absolute atomic E-state index is 0.0152. The van der Waals surface area contributed by atoms with Gasteiger partial charge in [-0.15, -0.1) is 0 Å². The van der Waals surface area contributed by atoms with Gasteiger partial charge in [0.1, 0.15) is 16.4 Å². The van der Waals surface area contributed by atoms with E-state index in [1.807, 2.05) is 0 Å². The zero-order valence-corrected chi connectivity index (χ0v) is 19.8. The zero-order valence-electron chi connectivity index (χ0n) is 18.9. The number of pyridine rings is 1. The topological polar surface area (TPSA) is 143 Å². The molecule has 34 heavy (non-hydrogen) atoms. The molecule has 4 N–H and O–H groups in total. The summed E-state index contributed by atoms with van der Waals surface area (Å²) < 4.78 is 32.3. The highest BCUT2D eigenvalue weighted by atomic mass is 32.2. The second-order valence-corrected chi connectivity index (χ2v) is 12.3. The van der Waals surface area contributed by atoms with Crippen LogP contribution in [0.25, 0.3) is 0 Å². The van der Waals surface area contributed by atoms with Crippen molar-refractivity contribution in [1.29, 1.82) is 0 Å². The van der Waals surface area contributed by atoms with Crippen LogP contribution in [0.3, 0.4) is 0 Å². The van der Waals surface area contributed by atoms with Crippen molar-refractivity contribution >= 4 is 21.6 Å². The Morgan fingerprint density at radius 2 is 2.00 bits per heavy atom. The summed E-state index contributed by atoms with van der Waals surface area (Å²) in [7, 11) is -3.53. The molecule has 0 spiro atoms. The van der Waals surface area contributed by atoms with Gasteiger partial charge < -0.3 is 20.9 Å². The summed E-state index contributed by atoms with van der Waals surface area (Å²) in [4.78, 5) is 18.5. The minimum atomic E-state index is -3.53. The van der Waals surface area contributed by atoms with Gasteiger partial charge in [0.05, 0.1) is 4.90 Å². The van der Waals surface area contributed by atoms with Crippen LogP contribution in [0.15, 0.2) is 33.8 Å². The first-order chi connectivity index (χ1) is 16.4. The number of piperidine rings is 2. The van der Waals surface area contributed by atoms with Crippen molar-refractivity contribution in [1.82, 2.24) is 20.4 Å². The van der Waals surface area contributed by atoms with Crippen molar-refractivity contribution in [3.05, 3.63) is 35.9 Å². The Morgan fingerprint density at radius 3 is 2.65 bits per heavy atom. The molecule has 0 radical (unpaired) electrons. The van der Waals surface area contributed by atoms with E-state index < -0.39 is 14.7 Å². The van der Waals surface area contributed by atoms with Gasteiger partial charge in [0.2, 0.25) is 0 Å². The summed E-state index contributed by atoms with van der Waals surface area (Å²) in [6, 6.07) is 5.45. The fourth-order valence-electron chi connectivity index (χ4n) is 5.99. The number of hydrogen-bond acceptors (Lipinski definition) is 9. The first kappa shape index (κ1) is 22.0. The van der Waals surface area contributed by atoms with E-state index in [0.29, 0.717) is 43.4 Å². The number of aromatic nitrogens is 2. The van der Waals surface area contributed by atoms with Gasteiger partial charge in [0, 0.05) is 42.9 Å². The number of nitrogens with one attached hydrogen (secondary N) is 2. The number of sulfone groups is 1. The van der Waals surface area contributed by atoms with Gasteiger partial charge >= 0.3 is 0 Å². The Bertz CT molecular complexity index is 1180. The first-order valence-electron chi connectivity index (χ1n) is 12.1. The maximum absolute atomic E-state index is 13.5. The van der Waals surface area contributed by atoms with Crippen molar-refractivity contribution in [3.8, 4) is 0 Å². The number of carbonyl (C=O) groups excluding carboxylic acids is 1. The van der Waals surface area contributed by atoms with E-state index in [1.54, 1.807) is 18.2 Å². The van der Waals surface area contributed by atoms with Crippen molar-refractivity contribution in [2.45, 2.75) is 78.8 Å². The molecule has 5 heterocycles. The average Bonchev–Trinajstić information content (AvgIpc) is 3.52. The van der Waals surface area contributed by atoms with E-state index in [4.69, 9.17) is 10.3 Å². The van der Waals surface area contributed by atoms with Gasteiger partial charge in [-0.3, -0.25) is 9.69 Å². The predicted octanol–water partition coefficient (Wildman–Crippen LogP) is 1.62. The summed E-state index contributed by atoms with van der Waals surface area (Å²) in [5, 5.41) is 10.2. The number of anilines is 1. The molecule has 3 saturated heterocycles. The van der Waals surface area contributed by atoms with E-state index in [0.717, 1.165) is 37.9 Å². The van der Waals surface area contributed by atoms with E-state index in [2.05, 4.69) is 25.7 Å². The standard InChI is InChI=1S/C23H30N6O4S/c24-6-1-7-25-21-5-4-18(13-26-21)34(31,32)23-11-16-8-15(9-17(12-23)29(16)23)27-22(30)19-10-20(33-28-19)14-2-3-14/h4-5,10,13-17H,1-3,6-9,11-12,24H2,(H,25,26)(H,27,30). The minimum Gasteiger partial charge on any atom is -0.370 e. The number of nitrogens with zero attached hydrogens (tertiary/aromatic N) is 3. The molecule has 2 aromatic heterocycles. The van der Waals surface area contributed by atoms with Crippen LogP contribution in [-0.2, 0) is 9.84 Å². The molecule has 2 unspecified atom stereocenters. The molecule has 4 aliphatic rings. The Kier molecular flexibility index (Phi) is 5.19. The van der Waals surface area contributed by atoms with Gasteiger partial charge in [-0.2, -0.15) is 0 Å². The Balaban J connectivity index is 1.08.